The molecular formula is C15H14N2O2. The van der Waals surface area contributed by atoms with Gasteiger partial charge < -0.3 is 9.63 Å². The zero-order chi connectivity index (χ0) is 13.4. The van der Waals surface area contributed by atoms with Crippen molar-refractivity contribution in [2.24, 2.45) is 0 Å². The Morgan fingerprint density at radius 3 is 2.63 bits per heavy atom. The van der Waals surface area contributed by atoms with Gasteiger partial charge in [0.1, 0.15) is 5.75 Å². The van der Waals surface area contributed by atoms with Crippen molar-refractivity contribution in [3.05, 3.63) is 42.2 Å². The SMILES string of the molecule is CC(C)c1noc(-c2ccc3ccccc3c2O)n1. The molecule has 1 heterocycles. The van der Waals surface area contributed by atoms with Crippen molar-refractivity contribution in [2.45, 2.75) is 19.8 Å². The second-order valence-corrected chi connectivity index (χ2v) is 4.80. The second kappa shape index (κ2) is 4.39. The van der Waals surface area contributed by atoms with Gasteiger partial charge in [-0.25, -0.2) is 0 Å². The van der Waals surface area contributed by atoms with E-state index in [-0.39, 0.29) is 11.7 Å². The van der Waals surface area contributed by atoms with E-state index in [4.69, 9.17) is 4.52 Å². The molecule has 96 valence electrons. The van der Waals surface area contributed by atoms with E-state index < -0.39 is 0 Å². The lowest BCUT2D eigenvalue weighted by molar-refractivity contribution is 0.415. The smallest absolute Gasteiger partial charge is 0.261 e. The lowest BCUT2D eigenvalue weighted by Gasteiger charge is -2.04. The Balaban J connectivity index is 2.16. The van der Waals surface area contributed by atoms with Crippen LogP contribution in [-0.4, -0.2) is 15.2 Å². The molecule has 0 bridgehead atoms. The highest BCUT2D eigenvalue weighted by molar-refractivity contribution is 5.93. The average molecular weight is 254 g/mol. The molecular weight excluding hydrogens is 240 g/mol. The van der Waals surface area contributed by atoms with Gasteiger partial charge >= 0.3 is 0 Å². The first-order valence-electron chi connectivity index (χ1n) is 6.21. The highest BCUT2D eigenvalue weighted by Crippen LogP contribution is 2.35. The Morgan fingerprint density at radius 1 is 1.11 bits per heavy atom. The number of nitrogens with zero attached hydrogens (tertiary/aromatic N) is 2. The summed E-state index contributed by atoms with van der Waals surface area (Å²) in [7, 11) is 0. The Morgan fingerprint density at radius 2 is 1.89 bits per heavy atom. The molecule has 4 heteroatoms. The van der Waals surface area contributed by atoms with Gasteiger partial charge in [0, 0.05) is 11.3 Å². The molecule has 0 unspecified atom stereocenters. The van der Waals surface area contributed by atoms with Crippen molar-refractivity contribution in [1.29, 1.82) is 0 Å². The van der Waals surface area contributed by atoms with Crippen LogP contribution in [0.15, 0.2) is 40.9 Å². The van der Waals surface area contributed by atoms with Gasteiger partial charge in [-0.2, -0.15) is 4.98 Å². The van der Waals surface area contributed by atoms with E-state index in [0.717, 1.165) is 10.8 Å². The normalized spacial score (nSPS) is 11.3. The van der Waals surface area contributed by atoms with E-state index >= 15 is 0 Å². The molecule has 19 heavy (non-hydrogen) atoms. The molecule has 1 aromatic heterocycles. The Bertz CT molecular complexity index is 732. The molecule has 0 aliphatic rings. The van der Waals surface area contributed by atoms with Crippen molar-refractivity contribution in [3.63, 3.8) is 0 Å². The number of phenolic OH excluding ortho intramolecular Hbond substituents is 1. The minimum Gasteiger partial charge on any atom is -0.506 e. The van der Waals surface area contributed by atoms with Crippen molar-refractivity contribution in [1.82, 2.24) is 10.1 Å². The fourth-order valence-electron chi connectivity index (χ4n) is 2.01. The van der Waals surface area contributed by atoms with Crippen LogP contribution in [0.4, 0.5) is 0 Å². The lowest BCUT2D eigenvalue weighted by Crippen LogP contribution is -1.89. The minimum absolute atomic E-state index is 0.178. The largest absolute Gasteiger partial charge is 0.506 e. The fraction of sp³-hybridized carbons (Fsp3) is 0.200. The minimum atomic E-state index is 0.178. The first-order chi connectivity index (χ1) is 9.16. The number of phenols is 1. The molecule has 0 aliphatic carbocycles. The monoisotopic (exact) mass is 254 g/mol. The van der Waals surface area contributed by atoms with Crippen LogP contribution in [0.3, 0.4) is 0 Å². The number of fused-ring (bicyclic) bond motifs is 1. The number of aromatic hydroxyl groups is 1. The van der Waals surface area contributed by atoms with Crippen LogP contribution < -0.4 is 0 Å². The topological polar surface area (TPSA) is 59.2 Å². The van der Waals surface area contributed by atoms with Gasteiger partial charge in [-0.05, 0) is 11.5 Å². The molecule has 4 nitrogen and oxygen atoms in total. The van der Waals surface area contributed by atoms with E-state index in [9.17, 15) is 5.11 Å². The van der Waals surface area contributed by atoms with Crippen LogP contribution in [0, 0.1) is 0 Å². The first-order valence-corrected chi connectivity index (χ1v) is 6.21. The van der Waals surface area contributed by atoms with Gasteiger partial charge in [-0.15, -0.1) is 0 Å². The van der Waals surface area contributed by atoms with E-state index in [0.29, 0.717) is 17.3 Å². The zero-order valence-corrected chi connectivity index (χ0v) is 10.8. The van der Waals surface area contributed by atoms with E-state index in [2.05, 4.69) is 10.1 Å². The molecule has 2 aromatic carbocycles. The summed E-state index contributed by atoms with van der Waals surface area (Å²) in [6.45, 7) is 3.99. The molecule has 0 fully saturated rings. The summed E-state index contributed by atoms with van der Waals surface area (Å²) >= 11 is 0. The summed E-state index contributed by atoms with van der Waals surface area (Å²) in [4.78, 5) is 4.31. The maximum absolute atomic E-state index is 10.3. The number of rotatable bonds is 2. The summed E-state index contributed by atoms with van der Waals surface area (Å²) in [5, 5.41) is 16.0. The molecule has 0 spiro atoms. The van der Waals surface area contributed by atoms with Crippen molar-refractivity contribution < 1.29 is 9.63 Å². The van der Waals surface area contributed by atoms with E-state index in [1.54, 1.807) is 6.07 Å². The molecule has 0 radical (unpaired) electrons. The zero-order valence-electron chi connectivity index (χ0n) is 10.8. The molecule has 1 N–H and O–H groups in total. The Kier molecular flexibility index (Phi) is 2.71. The molecule has 0 saturated carbocycles. The van der Waals surface area contributed by atoms with Gasteiger partial charge in [-0.3, -0.25) is 0 Å². The summed E-state index contributed by atoms with van der Waals surface area (Å²) in [6, 6.07) is 11.4. The maximum Gasteiger partial charge on any atom is 0.261 e. The third-order valence-electron chi connectivity index (χ3n) is 3.09. The number of aromatic nitrogens is 2. The quantitative estimate of drug-likeness (QED) is 0.757. The lowest BCUT2D eigenvalue weighted by atomic mass is 10.1. The van der Waals surface area contributed by atoms with Crippen molar-refractivity contribution in [3.8, 4) is 17.2 Å². The molecule has 0 atom stereocenters. The summed E-state index contributed by atoms with van der Waals surface area (Å²) in [6.07, 6.45) is 0. The van der Waals surface area contributed by atoms with Crippen LogP contribution in [0.25, 0.3) is 22.2 Å². The van der Waals surface area contributed by atoms with Crippen LogP contribution in [0.2, 0.25) is 0 Å². The molecule has 0 amide bonds. The first kappa shape index (κ1) is 11.7. The second-order valence-electron chi connectivity index (χ2n) is 4.80. The third-order valence-corrected chi connectivity index (χ3v) is 3.09. The highest BCUT2D eigenvalue weighted by atomic mass is 16.5. The standard InChI is InChI=1S/C15H14N2O2/c1-9(2)14-16-15(19-17-14)12-8-7-10-5-3-4-6-11(10)13(12)18/h3-9,18H,1-2H3. The average Bonchev–Trinajstić information content (AvgIpc) is 2.89. The Labute approximate surface area is 110 Å². The summed E-state index contributed by atoms with van der Waals surface area (Å²) < 4.78 is 5.22. The molecule has 3 rings (SSSR count). The Hall–Kier alpha value is -2.36. The van der Waals surface area contributed by atoms with Crippen LogP contribution in [0.5, 0.6) is 5.75 Å². The predicted molar refractivity (Wildman–Crippen MR) is 73.0 cm³/mol. The van der Waals surface area contributed by atoms with Gasteiger partial charge in [0.2, 0.25) is 0 Å². The van der Waals surface area contributed by atoms with Crippen molar-refractivity contribution in [2.75, 3.05) is 0 Å². The molecule has 0 saturated heterocycles. The van der Waals surface area contributed by atoms with Crippen LogP contribution in [0.1, 0.15) is 25.6 Å². The number of hydrogen-bond acceptors (Lipinski definition) is 4. The van der Waals surface area contributed by atoms with E-state index in [1.807, 2.05) is 44.2 Å². The van der Waals surface area contributed by atoms with Gasteiger partial charge in [0.15, 0.2) is 5.82 Å². The van der Waals surface area contributed by atoms with Crippen molar-refractivity contribution >= 4 is 10.8 Å². The predicted octanol–water partition coefficient (Wildman–Crippen LogP) is 3.72. The molecule has 3 aromatic rings. The van der Waals surface area contributed by atoms with Crippen LogP contribution >= 0.6 is 0 Å². The van der Waals surface area contributed by atoms with Crippen LogP contribution in [-0.2, 0) is 0 Å². The molecule has 0 aliphatic heterocycles. The number of benzene rings is 2. The summed E-state index contributed by atoms with van der Waals surface area (Å²) in [5.74, 6) is 1.37. The highest BCUT2D eigenvalue weighted by Gasteiger charge is 2.16. The maximum atomic E-state index is 10.3. The summed E-state index contributed by atoms with van der Waals surface area (Å²) in [5.41, 5.74) is 0.568. The fourth-order valence-corrected chi connectivity index (χ4v) is 2.01. The van der Waals surface area contributed by atoms with E-state index in [1.165, 1.54) is 0 Å². The third kappa shape index (κ3) is 1.95. The van der Waals surface area contributed by atoms with Gasteiger partial charge in [-0.1, -0.05) is 49.3 Å². The number of hydrogen-bond donors (Lipinski definition) is 1. The van der Waals surface area contributed by atoms with Gasteiger partial charge in [0.05, 0.1) is 5.56 Å². The van der Waals surface area contributed by atoms with Gasteiger partial charge in [0.25, 0.3) is 5.89 Å².